The summed E-state index contributed by atoms with van der Waals surface area (Å²) in [7, 11) is 0. The molecule has 2 atom stereocenters. The van der Waals surface area contributed by atoms with E-state index in [0.29, 0.717) is 0 Å². The number of hydrogen-bond acceptors (Lipinski definition) is 2. The molecule has 0 amide bonds. The van der Waals surface area contributed by atoms with Gasteiger partial charge in [-0.25, -0.2) is 0 Å². The molecule has 88 valence electrons. The van der Waals surface area contributed by atoms with Gasteiger partial charge in [-0.05, 0) is 24.3 Å². The van der Waals surface area contributed by atoms with Crippen LogP contribution >= 0.6 is 0 Å². The highest BCUT2D eigenvalue weighted by atomic mass is 16.3. The van der Waals surface area contributed by atoms with Gasteiger partial charge in [0, 0.05) is 0 Å². The Morgan fingerprint density at radius 2 is 1.94 bits per heavy atom. The average Bonchev–Trinajstić information content (AvgIpc) is 2.29. The van der Waals surface area contributed by atoms with E-state index in [2.05, 4.69) is 24.7 Å². The monoisotopic (exact) mass is 220 g/mol. The number of hydrogen-bond donors (Lipinski definition) is 2. The largest absolute Gasteiger partial charge is 0.389 e. The first-order valence-electron chi connectivity index (χ1n) is 5.71. The highest BCUT2D eigenvalue weighted by Gasteiger charge is 1.99. The molecule has 0 saturated heterocycles. The second-order valence-corrected chi connectivity index (χ2v) is 3.66. The lowest BCUT2D eigenvalue weighted by atomic mass is 10.1. The molecule has 0 aliphatic rings. The summed E-state index contributed by atoms with van der Waals surface area (Å²) >= 11 is 0. The van der Waals surface area contributed by atoms with E-state index in [-0.39, 0.29) is 0 Å². The fraction of sp³-hybridized carbons (Fsp3) is 0.571. The van der Waals surface area contributed by atoms with Gasteiger partial charge < -0.3 is 10.2 Å². The molecule has 0 bridgehead atoms. The summed E-state index contributed by atoms with van der Waals surface area (Å²) in [6.45, 7) is 2.15. The van der Waals surface area contributed by atoms with Crippen molar-refractivity contribution in [2.75, 3.05) is 0 Å². The van der Waals surface area contributed by atoms with Gasteiger partial charge >= 0.3 is 0 Å². The molecular formula is C14H20O2. The zero-order chi connectivity index (χ0) is 12.2. The average molecular weight is 220 g/mol. The van der Waals surface area contributed by atoms with Crippen LogP contribution in [-0.2, 0) is 0 Å². The van der Waals surface area contributed by atoms with Gasteiger partial charge in [0.25, 0.3) is 0 Å². The molecule has 0 radical (unpaired) electrons. The molecule has 0 heterocycles. The third-order valence-electron chi connectivity index (χ3n) is 2.16. The summed E-state index contributed by atoms with van der Waals surface area (Å²) in [6, 6.07) is 0. The number of aliphatic hydroxyl groups is 2. The summed E-state index contributed by atoms with van der Waals surface area (Å²) in [5, 5.41) is 18.8. The van der Waals surface area contributed by atoms with Crippen LogP contribution in [0.25, 0.3) is 0 Å². The van der Waals surface area contributed by atoms with Crippen molar-refractivity contribution in [1.29, 1.82) is 0 Å². The summed E-state index contributed by atoms with van der Waals surface area (Å²) in [4.78, 5) is 0. The van der Waals surface area contributed by atoms with Gasteiger partial charge in [-0.2, -0.15) is 0 Å². The maximum atomic E-state index is 9.54. The van der Waals surface area contributed by atoms with E-state index in [0.717, 1.165) is 19.3 Å². The quantitative estimate of drug-likeness (QED) is 0.390. The molecule has 2 N–H and O–H groups in total. The van der Waals surface area contributed by atoms with Gasteiger partial charge in [0.15, 0.2) is 0 Å². The second kappa shape index (κ2) is 10.3. The van der Waals surface area contributed by atoms with Crippen LogP contribution in [0, 0.1) is 24.2 Å². The van der Waals surface area contributed by atoms with E-state index >= 15 is 0 Å². The third kappa shape index (κ3) is 9.34. The SMILES string of the molecule is C#CC#CC(O)/C=C/C(O)CCCCCC. The van der Waals surface area contributed by atoms with E-state index in [1.165, 1.54) is 18.9 Å². The molecule has 0 aromatic carbocycles. The van der Waals surface area contributed by atoms with Crippen LogP contribution in [0.1, 0.15) is 39.0 Å². The van der Waals surface area contributed by atoms with Crippen LogP contribution in [-0.4, -0.2) is 22.4 Å². The molecule has 0 aromatic heterocycles. The first kappa shape index (κ1) is 14.8. The zero-order valence-corrected chi connectivity index (χ0v) is 9.82. The Kier molecular flexibility index (Phi) is 9.52. The zero-order valence-electron chi connectivity index (χ0n) is 9.82. The summed E-state index contributed by atoms with van der Waals surface area (Å²) in [6.07, 6.45) is 11.8. The maximum Gasteiger partial charge on any atom is 0.134 e. The highest BCUT2D eigenvalue weighted by molar-refractivity contribution is 5.25. The minimum atomic E-state index is -0.888. The maximum absolute atomic E-state index is 9.54. The molecule has 0 saturated carbocycles. The van der Waals surface area contributed by atoms with Crippen molar-refractivity contribution < 1.29 is 10.2 Å². The van der Waals surface area contributed by atoms with Gasteiger partial charge in [0.2, 0.25) is 0 Å². The molecule has 2 unspecified atom stereocenters. The molecule has 0 fully saturated rings. The lowest BCUT2D eigenvalue weighted by Gasteiger charge is -2.05. The first-order chi connectivity index (χ1) is 7.70. The van der Waals surface area contributed by atoms with Crippen LogP contribution in [0.5, 0.6) is 0 Å². The van der Waals surface area contributed by atoms with Crippen LogP contribution in [0.15, 0.2) is 12.2 Å². The van der Waals surface area contributed by atoms with Crippen molar-refractivity contribution in [3.8, 4) is 24.2 Å². The van der Waals surface area contributed by atoms with Gasteiger partial charge in [-0.3, -0.25) is 0 Å². The fourth-order valence-electron chi connectivity index (χ4n) is 1.27. The number of terminal acetylenes is 1. The van der Waals surface area contributed by atoms with Crippen molar-refractivity contribution in [3.63, 3.8) is 0 Å². The molecule has 0 spiro atoms. The van der Waals surface area contributed by atoms with Crippen molar-refractivity contribution in [3.05, 3.63) is 12.2 Å². The van der Waals surface area contributed by atoms with E-state index in [4.69, 9.17) is 6.42 Å². The molecular weight excluding hydrogens is 200 g/mol. The minimum absolute atomic E-state index is 0.501. The lowest BCUT2D eigenvalue weighted by Crippen LogP contribution is -2.05. The lowest BCUT2D eigenvalue weighted by molar-refractivity contribution is 0.205. The van der Waals surface area contributed by atoms with Gasteiger partial charge in [-0.1, -0.05) is 44.6 Å². The molecule has 2 heteroatoms. The van der Waals surface area contributed by atoms with Crippen molar-refractivity contribution >= 4 is 0 Å². The van der Waals surface area contributed by atoms with Gasteiger partial charge in [0.05, 0.1) is 6.10 Å². The fourth-order valence-corrected chi connectivity index (χ4v) is 1.27. The number of rotatable bonds is 7. The molecule has 0 aliphatic carbocycles. The van der Waals surface area contributed by atoms with E-state index < -0.39 is 12.2 Å². The predicted octanol–water partition coefficient (Wildman–Crippen LogP) is 1.87. The van der Waals surface area contributed by atoms with Crippen molar-refractivity contribution in [2.45, 2.75) is 51.2 Å². The first-order valence-corrected chi connectivity index (χ1v) is 5.71. The van der Waals surface area contributed by atoms with Crippen molar-refractivity contribution in [2.24, 2.45) is 0 Å². The number of unbranched alkanes of at least 4 members (excludes halogenated alkanes) is 3. The standard InChI is InChI=1S/C14H20O2/c1-3-5-7-8-10-14(16)12-11-13(15)9-6-4-2/h2,11-16H,3,5,7-8,10H2,1H3/b12-11+. The minimum Gasteiger partial charge on any atom is -0.389 e. The normalized spacial score (nSPS) is 13.9. The second-order valence-electron chi connectivity index (χ2n) is 3.66. The summed E-state index contributed by atoms with van der Waals surface area (Å²) in [5.41, 5.74) is 0. The van der Waals surface area contributed by atoms with Gasteiger partial charge in [0.1, 0.15) is 6.10 Å². The Labute approximate surface area is 98.4 Å². The van der Waals surface area contributed by atoms with E-state index in [1.807, 2.05) is 0 Å². The Morgan fingerprint density at radius 1 is 1.19 bits per heavy atom. The molecule has 2 nitrogen and oxygen atoms in total. The third-order valence-corrected chi connectivity index (χ3v) is 2.16. The van der Waals surface area contributed by atoms with E-state index in [1.54, 1.807) is 6.08 Å². The Morgan fingerprint density at radius 3 is 2.56 bits per heavy atom. The van der Waals surface area contributed by atoms with Crippen LogP contribution < -0.4 is 0 Å². The topological polar surface area (TPSA) is 40.5 Å². The molecule has 0 aliphatic heterocycles. The highest BCUT2D eigenvalue weighted by Crippen LogP contribution is 2.06. The summed E-state index contributed by atoms with van der Waals surface area (Å²) in [5.74, 6) is 6.88. The van der Waals surface area contributed by atoms with Crippen LogP contribution in [0.2, 0.25) is 0 Å². The van der Waals surface area contributed by atoms with Crippen LogP contribution in [0.3, 0.4) is 0 Å². The number of aliphatic hydroxyl groups excluding tert-OH is 2. The smallest absolute Gasteiger partial charge is 0.134 e. The van der Waals surface area contributed by atoms with Gasteiger partial charge in [-0.15, -0.1) is 6.42 Å². The molecule has 0 aromatic rings. The molecule has 16 heavy (non-hydrogen) atoms. The van der Waals surface area contributed by atoms with Crippen LogP contribution in [0.4, 0.5) is 0 Å². The van der Waals surface area contributed by atoms with E-state index in [9.17, 15) is 10.2 Å². The Balaban J connectivity index is 3.73. The Hall–Kier alpha value is -1.22. The predicted molar refractivity (Wildman–Crippen MR) is 66.5 cm³/mol. The molecule has 0 rings (SSSR count). The Bertz CT molecular complexity index is 288. The summed E-state index contributed by atoms with van der Waals surface area (Å²) < 4.78 is 0. The van der Waals surface area contributed by atoms with Crippen molar-refractivity contribution in [1.82, 2.24) is 0 Å².